The summed E-state index contributed by atoms with van der Waals surface area (Å²) in [4.78, 5) is 0. The largest absolute Gasteiger partial charge is 0.393 e. The van der Waals surface area contributed by atoms with Crippen LogP contribution in [0.15, 0.2) is 11.1 Å². The van der Waals surface area contributed by atoms with Crippen LogP contribution in [0.1, 0.15) is 119 Å². The van der Waals surface area contributed by atoms with E-state index in [1.54, 1.807) is 25.0 Å². The molecule has 1 unspecified atom stereocenters. The lowest BCUT2D eigenvalue weighted by Crippen LogP contribution is -2.54. The summed E-state index contributed by atoms with van der Waals surface area (Å²) in [6, 6.07) is 0. The van der Waals surface area contributed by atoms with Gasteiger partial charge in [0.05, 0.1) is 11.7 Å². The number of rotatable bonds is 5. The Balaban J connectivity index is 1.57. The molecule has 0 bridgehead atoms. The van der Waals surface area contributed by atoms with Gasteiger partial charge in [-0.3, -0.25) is 0 Å². The van der Waals surface area contributed by atoms with Crippen LogP contribution in [0.2, 0.25) is 0 Å². The molecule has 4 aliphatic rings. The summed E-state index contributed by atoms with van der Waals surface area (Å²) in [6.07, 6.45) is 10.6. The smallest absolute Gasteiger partial charge is 0.128 e. The van der Waals surface area contributed by atoms with Gasteiger partial charge in [0.15, 0.2) is 0 Å². The van der Waals surface area contributed by atoms with Gasteiger partial charge in [-0.15, -0.1) is 0 Å². The van der Waals surface area contributed by atoms with Crippen LogP contribution in [0.3, 0.4) is 0 Å². The van der Waals surface area contributed by atoms with Crippen molar-refractivity contribution in [1.29, 1.82) is 0 Å². The Labute approximate surface area is 196 Å². The average Bonchev–Trinajstić information content (AvgIpc) is 2.96. The predicted octanol–water partition coefficient (Wildman–Crippen LogP) is 7.38. The molecule has 0 spiro atoms. The van der Waals surface area contributed by atoms with Crippen LogP contribution in [-0.4, -0.2) is 28.1 Å². The van der Waals surface area contributed by atoms with Crippen molar-refractivity contribution in [3.8, 4) is 0 Å². The maximum Gasteiger partial charge on any atom is 0.128 e. The van der Waals surface area contributed by atoms with E-state index in [0.29, 0.717) is 23.7 Å². The van der Waals surface area contributed by atoms with Gasteiger partial charge in [0.25, 0.3) is 0 Å². The third-order valence-corrected chi connectivity index (χ3v) is 11.7. The molecule has 0 heterocycles. The van der Waals surface area contributed by atoms with Crippen molar-refractivity contribution in [1.82, 2.24) is 0 Å². The minimum absolute atomic E-state index is 0.00517. The highest BCUT2D eigenvalue weighted by Crippen LogP contribution is 2.72. The van der Waals surface area contributed by atoms with Crippen LogP contribution in [0.4, 0.5) is 4.39 Å². The molecule has 0 amide bonds. The van der Waals surface area contributed by atoms with Crippen molar-refractivity contribution in [3.05, 3.63) is 11.1 Å². The van der Waals surface area contributed by atoms with Gasteiger partial charge in [0.1, 0.15) is 6.17 Å². The van der Waals surface area contributed by atoms with Gasteiger partial charge in [-0.25, -0.2) is 4.39 Å². The molecule has 2 saturated carbocycles. The van der Waals surface area contributed by atoms with E-state index >= 15 is 0 Å². The third-order valence-electron chi connectivity index (χ3n) is 11.7. The maximum atomic E-state index is 14.3. The fourth-order valence-corrected chi connectivity index (χ4v) is 9.15. The van der Waals surface area contributed by atoms with E-state index in [4.69, 9.17) is 0 Å². The number of aliphatic hydroxyl groups is 2. The van der Waals surface area contributed by atoms with E-state index in [1.807, 2.05) is 0 Å². The quantitative estimate of drug-likeness (QED) is 0.431. The lowest BCUT2D eigenvalue weighted by Gasteiger charge is -2.62. The molecule has 4 aliphatic carbocycles. The topological polar surface area (TPSA) is 40.5 Å². The molecular weight excluding hydrogens is 399 g/mol. The molecule has 2 N–H and O–H groups in total. The standard InChI is InChI=1S/C29H49FO2/c1-25(2)22-12-11-21-20(27(22,5)16-15-24(25)31)14-18-28(6)19(13-17-29(21,28)7)9-8-10-23(30)26(3,4)32/h19,22-24,31-32H,8-18H2,1-7H3/t19-,22-,23?,24-,27+,28+,29-/m0/s1. The molecule has 184 valence electrons. The normalized spacial score (nSPS) is 44.6. The van der Waals surface area contributed by atoms with Crippen LogP contribution in [0.5, 0.6) is 0 Å². The summed E-state index contributed by atoms with van der Waals surface area (Å²) in [6.45, 7) is 15.4. The molecule has 2 nitrogen and oxygen atoms in total. The Morgan fingerprint density at radius 1 is 0.969 bits per heavy atom. The Kier molecular flexibility index (Phi) is 6.02. The Bertz CT molecular complexity index is 764. The molecule has 7 atom stereocenters. The lowest BCUT2D eigenvalue weighted by molar-refractivity contribution is -0.0957. The molecule has 0 radical (unpaired) electrons. The van der Waals surface area contributed by atoms with E-state index < -0.39 is 11.8 Å². The first-order valence-electron chi connectivity index (χ1n) is 13.5. The zero-order valence-electron chi connectivity index (χ0n) is 21.9. The molecule has 2 fully saturated rings. The van der Waals surface area contributed by atoms with Crippen LogP contribution < -0.4 is 0 Å². The van der Waals surface area contributed by atoms with Crippen molar-refractivity contribution in [3.63, 3.8) is 0 Å². The van der Waals surface area contributed by atoms with Gasteiger partial charge in [-0.05, 0) is 112 Å². The number of fused-ring (bicyclic) bond motifs is 4. The van der Waals surface area contributed by atoms with E-state index in [2.05, 4.69) is 34.6 Å². The van der Waals surface area contributed by atoms with Crippen LogP contribution in [0.25, 0.3) is 0 Å². The third kappa shape index (κ3) is 3.46. The zero-order chi connectivity index (χ0) is 23.7. The van der Waals surface area contributed by atoms with Crippen molar-refractivity contribution in [2.24, 2.45) is 33.5 Å². The van der Waals surface area contributed by atoms with Crippen LogP contribution >= 0.6 is 0 Å². The number of allylic oxidation sites excluding steroid dienone is 2. The fourth-order valence-electron chi connectivity index (χ4n) is 9.15. The van der Waals surface area contributed by atoms with Gasteiger partial charge in [0.2, 0.25) is 0 Å². The second kappa shape index (κ2) is 7.80. The highest BCUT2D eigenvalue weighted by molar-refractivity contribution is 5.38. The van der Waals surface area contributed by atoms with Gasteiger partial charge < -0.3 is 10.2 Å². The molecule has 0 aromatic heterocycles. The molecule has 4 rings (SSSR count). The van der Waals surface area contributed by atoms with Gasteiger partial charge in [0, 0.05) is 0 Å². The second-order valence-electron chi connectivity index (χ2n) is 13.9. The van der Waals surface area contributed by atoms with Crippen molar-refractivity contribution in [2.75, 3.05) is 0 Å². The van der Waals surface area contributed by atoms with Crippen molar-refractivity contribution in [2.45, 2.75) is 137 Å². The Morgan fingerprint density at radius 2 is 1.66 bits per heavy atom. The highest BCUT2D eigenvalue weighted by Gasteiger charge is 2.62. The van der Waals surface area contributed by atoms with Gasteiger partial charge >= 0.3 is 0 Å². The highest BCUT2D eigenvalue weighted by atomic mass is 19.1. The number of aliphatic hydroxyl groups excluding tert-OH is 1. The van der Waals surface area contributed by atoms with Crippen LogP contribution in [-0.2, 0) is 0 Å². The Morgan fingerprint density at radius 3 is 2.31 bits per heavy atom. The van der Waals surface area contributed by atoms with Crippen molar-refractivity contribution < 1.29 is 14.6 Å². The first-order chi connectivity index (χ1) is 14.7. The summed E-state index contributed by atoms with van der Waals surface area (Å²) >= 11 is 0. The molecule has 3 heteroatoms. The molecule has 32 heavy (non-hydrogen) atoms. The lowest BCUT2D eigenvalue weighted by atomic mass is 9.43. The maximum absolute atomic E-state index is 14.3. The summed E-state index contributed by atoms with van der Waals surface area (Å²) in [5, 5.41) is 20.7. The van der Waals surface area contributed by atoms with Gasteiger partial charge in [-0.2, -0.15) is 0 Å². The van der Waals surface area contributed by atoms with Crippen molar-refractivity contribution >= 4 is 0 Å². The van der Waals surface area contributed by atoms with E-state index in [-0.39, 0.29) is 22.3 Å². The van der Waals surface area contributed by atoms with E-state index in [9.17, 15) is 14.6 Å². The zero-order valence-corrected chi connectivity index (χ0v) is 21.9. The number of hydrogen-bond donors (Lipinski definition) is 2. The monoisotopic (exact) mass is 448 g/mol. The molecule has 0 aromatic carbocycles. The van der Waals surface area contributed by atoms with E-state index in [0.717, 1.165) is 25.7 Å². The van der Waals surface area contributed by atoms with E-state index in [1.165, 1.54) is 38.5 Å². The molecule has 0 aromatic rings. The molecular formula is C29H49FO2. The first kappa shape index (κ1) is 24.7. The minimum atomic E-state index is -1.23. The second-order valence-corrected chi connectivity index (χ2v) is 13.9. The first-order valence-corrected chi connectivity index (χ1v) is 13.5. The summed E-state index contributed by atoms with van der Waals surface area (Å²) in [5.41, 5.74) is 3.12. The van der Waals surface area contributed by atoms with Crippen LogP contribution in [0, 0.1) is 33.5 Å². The summed E-state index contributed by atoms with van der Waals surface area (Å²) in [5.74, 6) is 1.23. The SMILES string of the molecule is CC(C)(O)C(F)CCC[C@H]1CC[C@@]2(C)C3=C(CC[C@]12C)[C@@]1(C)CC[C@H](O)C(C)(C)[C@@H]1CC3. The summed E-state index contributed by atoms with van der Waals surface area (Å²) in [7, 11) is 0. The number of alkyl halides is 1. The number of halogens is 1. The summed E-state index contributed by atoms with van der Waals surface area (Å²) < 4.78 is 14.3. The predicted molar refractivity (Wildman–Crippen MR) is 130 cm³/mol. The molecule has 0 saturated heterocycles. The molecule has 0 aliphatic heterocycles. The van der Waals surface area contributed by atoms with Gasteiger partial charge in [-0.1, -0.05) is 52.2 Å². The fraction of sp³-hybridized carbons (Fsp3) is 0.931. The number of hydrogen-bond acceptors (Lipinski definition) is 2. The average molecular weight is 449 g/mol. The Hall–Kier alpha value is -0.410. The minimum Gasteiger partial charge on any atom is -0.393 e.